The number of fused-ring (bicyclic) bond motifs is 1. The van der Waals surface area contributed by atoms with E-state index in [2.05, 4.69) is 0 Å². The largest absolute Gasteiger partial charge is 0.416 e. The molecule has 0 spiro atoms. The maximum atomic E-state index is 13.6. The van der Waals surface area contributed by atoms with E-state index in [1.54, 1.807) is 42.2 Å². The monoisotopic (exact) mass is 504 g/mol. The van der Waals surface area contributed by atoms with Crippen molar-refractivity contribution >= 4 is 23.2 Å². The lowest BCUT2D eigenvalue weighted by Crippen LogP contribution is -2.48. The van der Waals surface area contributed by atoms with Gasteiger partial charge in [0.05, 0.1) is 11.6 Å². The maximum Gasteiger partial charge on any atom is 0.416 e. The first-order chi connectivity index (χ1) is 16.6. The Morgan fingerprint density at radius 2 is 1.83 bits per heavy atom. The summed E-state index contributed by atoms with van der Waals surface area (Å²) >= 11 is 1.60. The number of nitrogens with zero attached hydrogens (tertiary/aromatic N) is 2. The average Bonchev–Trinajstić information content (AvgIpc) is 3.30. The molecule has 3 aromatic rings. The van der Waals surface area contributed by atoms with Crippen LogP contribution in [0, 0.1) is 5.82 Å². The fraction of sp³-hybridized carbons (Fsp3) is 0.308. The number of amides is 2. The lowest BCUT2D eigenvalue weighted by molar-refractivity contribution is -0.137. The number of hydrogen-bond donors (Lipinski definition) is 0. The van der Waals surface area contributed by atoms with Gasteiger partial charge in [-0.05, 0) is 73.2 Å². The number of thiophene rings is 1. The highest BCUT2D eigenvalue weighted by Crippen LogP contribution is 2.38. The molecule has 0 saturated carbocycles. The van der Waals surface area contributed by atoms with E-state index in [0.29, 0.717) is 13.0 Å². The third-order valence-electron chi connectivity index (χ3n) is 6.10. The van der Waals surface area contributed by atoms with E-state index in [1.165, 1.54) is 29.2 Å². The first-order valence-electron chi connectivity index (χ1n) is 11.2. The minimum atomic E-state index is -4.58. The highest BCUT2D eigenvalue weighted by molar-refractivity contribution is 7.10. The molecule has 0 saturated heterocycles. The molecule has 1 aliphatic heterocycles. The van der Waals surface area contributed by atoms with Crippen molar-refractivity contribution in [2.24, 2.45) is 0 Å². The summed E-state index contributed by atoms with van der Waals surface area (Å²) in [4.78, 5) is 30.8. The summed E-state index contributed by atoms with van der Waals surface area (Å²) in [5, 5.41) is 1.95. The number of hydrogen-bond acceptors (Lipinski definition) is 3. The Bertz CT molecular complexity index is 1220. The van der Waals surface area contributed by atoms with E-state index < -0.39 is 29.7 Å². The lowest BCUT2D eigenvalue weighted by atomic mass is 9.93. The van der Waals surface area contributed by atoms with Gasteiger partial charge in [0.1, 0.15) is 12.4 Å². The predicted molar refractivity (Wildman–Crippen MR) is 126 cm³/mol. The first kappa shape index (κ1) is 24.9. The fourth-order valence-corrected chi connectivity index (χ4v) is 5.21. The first-order valence-corrected chi connectivity index (χ1v) is 12.0. The van der Waals surface area contributed by atoms with Crippen LogP contribution in [0.4, 0.5) is 17.6 Å². The summed E-state index contributed by atoms with van der Waals surface area (Å²) in [6, 6.07) is 11.3. The molecule has 4 rings (SSSR count). The van der Waals surface area contributed by atoms with Crippen molar-refractivity contribution in [1.82, 2.24) is 9.80 Å². The minimum Gasteiger partial charge on any atom is -0.330 e. The van der Waals surface area contributed by atoms with E-state index in [0.717, 1.165) is 28.1 Å². The maximum absolute atomic E-state index is 13.6. The van der Waals surface area contributed by atoms with Crippen LogP contribution in [-0.4, -0.2) is 40.7 Å². The normalized spacial score (nSPS) is 15.7. The Morgan fingerprint density at radius 3 is 2.49 bits per heavy atom. The van der Waals surface area contributed by atoms with E-state index in [-0.39, 0.29) is 23.8 Å². The molecule has 2 aromatic carbocycles. The van der Waals surface area contributed by atoms with Crippen LogP contribution in [-0.2, 0) is 17.4 Å². The molecule has 184 valence electrons. The number of rotatable bonds is 5. The zero-order chi connectivity index (χ0) is 25.3. The van der Waals surface area contributed by atoms with Gasteiger partial charge in [0, 0.05) is 23.0 Å². The Kier molecular flexibility index (Phi) is 6.98. The summed E-state index contributed by atoms with van der Waals surface area (Å²) in [5.74, 6) is -1.36. The highest BCUT2D eigenvalue weighted by atomic mass is 32.1. The molecule has 4 nitrogen and oxygen atoms in total. The second-order valence-electron chi connectivity index (χ2n) is 8.70. The van der Waals surface area contributed by atoms with Crippen LogP contribution in [0.2, 0.25) is 0 Å². The van der Waals surface area contributed by atoms with Gasteiger partial charge in [-0.25, -0.2) is 4.39 Å². The summed E-state index contributed by atoms with van der Waals surface area (Å²) in [7, 11) is 0. The predicted octanol–water partition coefficient (Wildman–Crippen LogP) is 5.93. The van der Waals surface area contributed by atoms with E-state index in [9.17, 15) is 27.2 Å². The molecule has 1 aliphatic rings. The third kappa shape index (κ3) is 5.24. The molecule has 0 aliphatic carbocycles. The Labute approximate surface area is 204 Å². The van der Waals surface area contributed by atoms with Crippen molar-refractivity contribution in [2.75, 3.05) is 13.1 Å². The molecule has 2 amide bonds. The Morgan fingerprint density at radius 1 is 1.11 bits per heavy atom. The van der Waals surface area contributed by atoms with Crippen molar-refractivity contribution < 1.29 is 27.2 Å². The molecular weight excluding hydrogens is 480 g/mol. The number of carbonyl (C=O) groups is 2. The minimum absolute atomic E-state index is 0.129. The smallest absolute Gasteiger partial charge is 0.330 e. The van der Waals surface area contributed by atoms with Crippen LogP contribution < -0.4 is 0 Å². The summed E-state index contributed by atoms with van der Waals surface area (Å²) in [6.45, 7) is 3.55. The van der Waals surface area contributed by atoms with Gasteiger partial charge in [-0.2, -0.15) is 13.2 Å². The van der Waals surface area contributed by atoms with Crippen LogP contribution in [0.1, 0.15) is 51.8 Å². The molecule has 0 fully saturated rings. The van der Waals surface area contributed by atoms with E-state index in [4.69, 9.17) is 0 Å². The van der Waals surface area contributed by atoms with Crippen molar-refractivity contribution in [1.29, 1.82) is 0 Å². The van der Waals surface area contributed by atoms with Gasteiger partial charge in [0.2, 0.25) is 5.91 Å². The van der Waals surface area contributed by atoms with E-state index in [1.807, 2.05) is 11.4 Å². The van der Waals surface area contributed by atoms with Gasteiger partial charge < -0.3 is 9.80 Å². The zero-order valence-corrected chi connectivity index (χ0v) is 20.0. The Hall–Kier alpha value is -3.20. The molecule has 0 radical (unpaired) electrons. The quantitative estimate of drug-likeness (QED) is 0.404. The molecule has 0 N–H and O–H groups in total. The average molecular weight is 505 g/mol. The molecule has 1 atom stereocenters. The molecular formula is C26H24F4N2O2S. The van der Waals surface area contributed by atoms with Crippen LogP contribution in [0.3, 0.4) is 0 Å². The third-order valence-corrected chi connectivity index (χ3v) is 7.10. The van der Waals surface area contributed by atoms with Crippen molar-refractivity contribution in [3.05, 3.63) is 92.9 Å². The van der Waals surface area contributed by atoms with Crippen molar-refractivity contribution in [2.45, 2.75) is 38.5 Å². The van der Waals surface area contributed by atoms with Crippen LogP contribution >= 0.6 is 11.3 Å². The van der Waals surface area contributed by atoms with Crippen LogP contribution in [0.25, 0.3) is 0 Å². The van der Waals surface area contributed by atoms with Crippen LogP contribution in [0.5, 0.6) is 0 Å². The van der Waals surface area contributed by atoms with Crippen molar-refractivity contribution in [3.63, 3.8) is 0 Å². The van der Waals surface area contributed by atoms with Gasteiger partial charge in [-0.3, -0.25) is 9.59 Å². The van der Waals surface area contributed by atoms with Gasteiger partial charge in [0.15, 0.2) is 0 Å². The lowest BCUT2D eigenvalue weighted by Gasteiger charge is -2.38. The molecule has 0 bridgehead atoms. The fourth-order valence-electron chi connectivity index (χ4n) is 4.31. The van der Waals surface area contributed by atoms with Crippen molar-refractivity contribution in [3.8, 4) is 0 Å². The second kappa shape index (κ2) is 9.81. The number of benzene rings is 2. The van der Waals surface area contributed by atoms with Gasteiger partial charge in [-0.15, -0.1) is 11.3 Å². The molecule has 9 heteroatoms. The molecule has 35 heavy (non-hydrogen) atoms. The SMILES string of the molecule is CC(C)N(CC(=O)N1CCc2sccc2C1c1ccc(F)cc1)C(=O)c1cccc(C(F)(F)F)c1. The zero-order valence-electron chi connectivity index (χ0n) is 19.2. The molecule has 1 unspecified atom stereocenters. The number of alkyl halides is 3. The van der Waals surface area contributed by atoms with Crippen LogP contribution in [0.15, 0.2) is 60.0 Å². The molecule has 1 aromatic heterocycles. The Balaban J connectivity index is 1.62. The summed E-state index contributed by atoms with van der Waals surface area (Å²) < 4.78 is 53.0. The van der Waals surface area contributed by atoms with E-state index >= 15 is 0 Å². The highest BCUT2D eigenvalue weighted by Gasteiger charge is 2.35. The van der Waals surface area contributed by atoms with Gasteiger partial charge >= 0.3 is 6.18 Å². The second-order valence-corrected chi connectivity index (χ2v) is 9.70. The summed E-state index contributed by atoms with van der Waals surface area (Å²) in [6.07, 6.45) is -3.93. The van der Waals surface area contributed by atoms with Gasteiger partial charge in [-0.1, -0.05) is 18.2 Å². The molecule has 2 heterocycles. The number of carbonyl (C=O) groups excluding carboxylic acids is 2. The standard InChI is InChI=1S/C26H24F4N2O2S/c1-16(2)32(25(34)18-4-3-5-19(14-18)26(28,29)30)15-23(33)31-12-10-22-21(11-13-35-22)24(31)17-6-8-20(27)9-7-17/h3-9,11,13-14,16,24H,10,12,15H2,1-2H3. The van der Waals surface area contributed by atoms with Gasteiger partial charge in [0.25, 0.3) is 5.91 Å². The number of halogens is 4. The topological polar surface area (TPSA) is 40.6 Å². The summed E-state index contributed by atoms with van der Waals surface area (Å²) in [5.41, 5.74) is 0.659.